The summed E-state index contributed by atoms with van der Waals surface area (Å²) in [5.41, 5.74) is 0. The number of ether oxygens (including phenoxy) is 6. The molecule has 0 aliphatic carbocycles. The standard InChI is InChI=1S/C62H117NO18/c1-3-5-7-9-11-13-14-15-16-17-18-19-20-21-22-23-24-25-26-27-28-29-30-31-32-34-36-38-40-50(68)63-45(46(67)39-37-35-33-12-10-8-6-4-2)44-76-60-56(74)53(71)58(48(42-65)78-60)81-62-57(75)54(72)59(49(43-66)79-62)80-61-55(73)52(70)51(69)47(41-64)77-61/h37,39,45-49,51-62,64-67,69-75H,3-36,38,40-44H2,1-2H3,(H,63,68)/b39-37+. The van der Waals surface area contributed by atoms with E-state index in [1.165, 1.54) is 167 Å². The molecule has 3 rings (SSSR count). The van der Waals surface area contributed by atoms with Gasteiger partial charge in [-0.15, -0.1) is 0 Å². The molecular weight excluding hydrogens is 1050 g/mol. The summed E-state index contributed by atoms with van der Waals surface area (Å²) >= 11 is 0. The number of carbonyl (C=O) groups excluding carboxylic acids is 1. The van der Waals surface area contributed by atoms with Crippen molar-refractivity contribution in [1.29, 1.82) is 0 Å². The summed E-state index contributed by atoms with van der Waals surface area (Å²) in [6, 6.07) is -0.965. The van der Waals surface area contributed by atoms with E-state index in [0.717, 1.165) is 51.4 Å². The molecule has 3 aliphatic heterocycles. The number of hydrogen-bond acceptors (Lipinski definition) is 18. The van der Waals surface area contributed by atoms with Crippen LogP contribution in [-0.4, -0.2) is 193 Å². The van der Waals surface area contributed by atoms with Crippen molar-refractivity contribution in [1.82, 2.24) is 5.32 Å². The summed E-state index contributed by atoms with van der Waals surface area (Å²) in [6.45, 7) is 1.69. The molecule has 19 nitrogen and oxygen atoms in total. The van der Waals surface area contributed by atoms with Gasteiger partial charge >= 0.3 is 0 Å². The van der Waals surface area contributed by atoms with Gasteiger partial charge in [0.2, 0.25) is 5.91 Å². The van der Waals surface area contributed by atoms with E-state index in [0.29, 0.717) is 6.42 Å². The molecule has 0 aromatic heterocycles. The normalized spacial score (nSPS) is 29.8. The Morgan fingerprint density at radius 2 is 0.765 bits per heavy atom. The van der Waals surface area contributed by atoms with Gasteiger partial charge in [-0.3, -0.25) is 4.79 Å². The smallest absolute Gasteiger partial charge is 0.220 e. The lowest BCUT2D eigenvalue weighted by molar-refractivity contribution is -0.379. The van der Waals surface area contributed by atoms with Crippen LogP contribution in [0.4, 0.5) is 0 Å². The summed E-state index contributed by atoms with van der Waals surface area (Å²) < 4.78 is 34.2. The van der Waals surface area contributed by atoms with Crippen LogP contribution in [0.15, 0.2) is 12.2 Å². The molecule has 17 unspecified atom stereocenters. The molecular formula is C62H117NO18. The lowest BCUT2D eigenvalue weighted by Gasteiger charge is -2.48. The number of rotatable bonds is 49. The minimum Gasteiger partial charge on any atom is -0.394 e. The van der Waals surface area contributed by atoms with Gasteiger partial charge in [-0.05, 0) is 19.3 Å². The number of hydrogen-bond donors (Lipinski definition) is 12. The van der Waals surface area contributed by atoms with Gasteiger partial charge in [0.15, 0.2) is 18.9 Å². The van der Waals surface area contributed by atoms with Gasteiger partial charge < -0.3 is 89.9 Å². The Labute approximate surface area is 486 Å². The van der Waals surface area contributed by atoms with Crippen molar-refractivity contribution < 1.29 is 89.4 Å². The predicted molar refractivity (Wildman–Crippen MR) is 310 cm³/mol. The summed E-state index contributed by atoms with van der Waals surface area (Å²) in [7, 11) is 0. The summed E-state index contributed by atoms with van der Waals surface area (Å²) in [4.78, 5) is 13.3. The maximum atomic E-state index is 13.3. The molecule has 12 N–H and O–H groups in total. The van der Waals surface area contributed by atoms with E-state index in [2.05, 4.69) is 19.2 Å². The average molecular weight is 1160 g/mol. The fourth-order valence-corrected chi connectivity index (χ4v) is 11.3. The first-order valence-electron chi connectivity index (χ1n) is 32.4. The molecule has 3 heterocycles. The third-order valence-corrected chi connectivity index (χ3v) is 16.6. The van der Waals surface area contributed by atoms with Crippen LogP contribution in [0, 0.1) is 0 Å². The number of amides is 1. The van der Waals surface area contributed by atoms with Crippen LogP contribution in [0.5, 0.6) is 0 Å². The van der Waals surface area contributed by atoms with Crippen LogP contribution in [0.1, 0.15) is 245 Å². The summed E-state index contributed by atoms with van der Waals surface area (Å²) in [5.74, 6) is -0.274. The Kier molecular flexibility index (Phi) is 41.7. The Morgan fingerprint density at radius 1 is 0.432 bits per heavy atom. The van der Waals surface area contributed by atoms with Gasteiger partial charge in [0.05, 0.1) is 38.6 Å². The molecule has 0 aromatic carbocycles. The van der Waals surface area contributed by atoms with Crippen molar-refractivity contribution in [3.63, 3.8) is 0 Å². The van der Waals surface area contributed by atoms with Crippen LogP contribution >= 0.6 is 0 Å². The molecule has 0 saturated carbocycles. The summed E-state index contributed by atoms with van der Waals surface area (Å²) in [6.07, 6.45) is 21.1. The highest BCUT2D eigenvalue weighted by molar-refractivity contribution is 5.76. The first kappa shape index (κ1) is 73.8. The second-order valence-corrected chi connectivity index (χ2v) is 23.6. The number of allylic oxidation sites excluding steroid dienone is 1. The Bertz CT molecular complexity index is 1530. The topological polar surface area (TPSA) is 307 Å². The fourth-order valence-electron chi connectivity index (χ4n) is 11.3. The van der Waals surface area contributed by atoms with E-state index in [-0.39, 0.29) is 18.9 Å². The van der Waals surface area contributed by atoms with Gasteiger partial charge in [-0.25, -0.2) is 0 Å². The molecule has 1 amide bonds. The fraction of sp³-hybridized carbons (Fsp3) is 0.952. The minimum absolute atomic E-state index is 0.249. The Balaban J connectivity index is 1.36. The second-order valence-electron chi connectivity index (χ2n) is 23.6. The van der Waals surface area contributed by atoms with Crippen molar-refractivity contribution in [3.8, 4) is 0 Å². The molecule has 0 bridgehead atoms. The van der Waals surface area contributed by atoms with E-state index < -0.39 is 124 Å². The van der Waals surface area contributed by atoms with Crippen LogP contribution in [0.3, 0.4) is 0 Å². The maximum Gasteiger partial charge on any atom is 0.220 e. The highest BCUT2D eigenvalue weighted by Crippen LogP contribution is 2.33. The zero-order valence-electron chi connectivity index (χ0n) is 50.0. The van der Waals surface area contributed by atoms with Crippen molar-refractivity contribution in [2.45, 2.75) is 349 Å². The molecule has 0 spiro atoms. The molecule has 3 saturated heterocycles. The number of aliphatic hydroxyl groups is 11. The minimum atomic E-state index is -1.97. The third-order valence-electron chi connectivity index (χ3n) is 16.6. The first-order chi connectivity index (χ1) is 39.3. The van der Waals surface area contributed by atoms with E-state index in [9.17, 15) is 61.0 Å². The summed E-state index contributed by atoms with van der Waals surface area (Å²) in [5, 5.41) is 120. The zero-order chi connectivity index (χ0) is 59.0. The highest BCUT2D eigenvalue weighted by atomic mass is 16.8. The van der Waals surface area contributed by atoms with E-state index in [1.54, 1.807) is 6.08 Å². The van der Waals surface area contributed by atoms with Gasteiger partial charge in [0.1, 0.15) is 73.2 Å². The molecule has 17 atom stereocenters. The van der Waals surface area contributed by atoms with Crippen molar-refractivity contribution in [2.24, 2.45) is 0 Å². The molecule has 3 aliphatic rings. The Morgan fingerprint density at radius 3 is 1.16 bits per heavy atom. The van der Waals surface area contributed by atoms with Gasteiger partial charge in [0, 0.05) is 6.42 Å². The SMILES string of the molecule is CCCCCCCC/C=C/C(O)C(COC1OC(CO)C(OC2OC(CO)C(OC3OC(CO)C(O)C(O)C3O)C(O)C2O)C(O)C1O)NC(=O)CCCCCCCCCCCCCCCCCCCCCCCCCCCCCC. The van der Waals surface area contributed by atoms with Crippen LogP contribution in [0.25, 0.3) is 0 Å². The second kappa shape index (κ2) is 45.8. The number of carbonyl (C=O) groups is 1. The quantitative estimate of drug-likeness (QED) is 0.0217. The highest BCUT2D eigenvalue weighted by Gasteiger charge is 2.53. The average Bonchev–Trinajstić information content (AvgIpc) is 3.46. The Hall–Kier alpha value is -1.47. The van der Waals surface area contributed by atoms with E-state index in [4.69, 9.17) is 28.4 Å². The molecule has 81 heavy (non-hydrogen) atoms. The number of nitrogens with one attached hydrogen (secondary N) is 1. The molecule has 0 aromatic rings. The molecule has 19 heteroatoms. The zero-order valence-corrected chi connectivity index (χ0v) is 50.0. The van der Waals surface area contributed by atoms with Gasteiger partial charge in [0.25, 0.3) is 0 Å². The monoisotopic (exact) mass is 1160 g/mol. The van der Waals surface area contributed by atoms with Crippen molar-refractivity contribution >= 4 is 5.91 Å². The maximum absolute atomic E-state index is 13.3. The number of aliphatic hydroxyl groups excluding tert-OH is 11. The van der Waals surface area contributed by atoms with E-state index >= 15 is 0 Å². The molecule has 3 fully saturated rings. The van der Waals surface area contributed by atoms with Crippen LogP contribution in [0.2, 0.25) is 0 Å². The number of unbranched alkanes of at least 4 members (excludes halogenated alkanes) is 33. The van der Waals surface area contributed by atoms with Crippen molar-refractivity contribution in [3.05, 3.63) is 12.2 Å². The largest absolute Gasteiger partial charge is 0.394 e. The van der Waals surface area contributed by atoms with E-state index in [1.807, 2.05) is 6.08 Å². The van der Waals surface area contributed by atoms with Crippen LogP contribution < -0.4 is 5.32 Å². The van der Waals surface area contributed by atoms with Crippen molar-refractivity contribution in [2.75, 3.05) is 26.4 Å². The van der Waals surface area contributed by atoms with Gasteiger partial charge in [-0.1, -0.05) is 231 Å². The lowest BCUT2D eigenvalue weighted by atomic mass is 9.96. The van der Waals surface area contributed by atoms with Gasteiger partial charge in [-0.2, -0.15) is 0 Å². The van der Waals surface area contributed by atoms with Crippen LogP contribution in [-0.2, 0) is 33.2 Å². The third kappa shape index (κ3) is 29.2. The molecule has 478 valence electrons. The predicted octanol–water partition coefficient (Wildman–Crippen LogP) is 6.94. The lowest BCUT2D eigenvalue weighted by Crippen LogP contribution is -2.66. The first-order valence-corrected chi connectivity index (χ1v) is 32.4. The molecule has 0 radical (unpaired) electrons.